The normalized spacial score (nSPS) is 19.2. The Kier molecular flexibility index (Phi) is 13.0. The fraction of sp³-hybridized carbons (Fsp3) is 0.571. The summed E-state index contributed by atoms with van der Waals surface area (Å²) in [7, 11) is -2.59. The van der Waals surface area contributed by atoms with Crippen LogP contribution in [0.15, 0.2) is 59.3 Å². The van der Waals surface area contributed by atoms with E-state index in [4.69, 9.17) is 29.3 Å². The molecule has 6 rings (SSSR count). The van der Waals surface area contributed by atoms with Gasteiger partial charge in [-0.2, -0.15) is 9.61 Å². The highest BCUT2D eigenvalue weighted by molar-refractivity contribution is 9.10. The molecule has 0 radical (unpaired) electrons. The summed E-state index contributed by atoms with van der Waals surface area (Å²) in [4.78, 5) is 28.1. The van der Waals surface area contributed by atoms with E-state index in [1.807, 2.05) is 60.8 Å². The zero-order valence-electron chi connectivity index (χ0n) is 34.4. The quantitative estimate of drug-likeness (QED) is 0.0703. The maximum Gasteiger partial charge on any atom is 0.410 e. The van der Waals surface area contributed by atoms with Gasteiger partial charge in [0.2, 0.25) is 0 Å². The molecule has 5 heterocycles. The molecular formula is C42H61BrN6O4Si2. The highest BCUT2D eigenvalue weighted by Crippen LogP contribution is 2.46. The van der Waals surface area contributed by atoms with Crippen LogP contribution in [-0.2, 0) is 14.2 Å². The second kappa shape index (κ2) is 17.2. The average molecular weight is 850 g/mol. The monoisotopic (exact) mass is 848 g/mol. The van der Waals surface area contributed by atoms with Crippen LogP contribution in [-0.4, -0.2) is 91.1 Å². The van der Waals surface area contributed by atoms with Gasteiger partial charge in [-0.15, -0.1) is 0 Å². The number of pyridine rings is 1. The van der Waals surface area contributed by atoms with Gasteiger partial charge in [-0.25, -0.2) is 9.78 Å². The van der Waals surface area contributed by atoms with Crippen molar-refractivity contribution in [3.63, 3.8) is 0 Å². The number of carbonyl (C=O) groups excluding carboxylic acids is 1. The predicted octanol–water partition coefficient (Wildman–Crippen LogP) is 10.7. The number of anilines is 1. The summed E-state index contributed by atoms with van der Waals surface area (Å²) < 4.78 is 21.6. The SMILES string of the molecule is CC(C)(C)OC(=O)N1C2CCCC1CC(c1nc3c(-c4ccc(-c5ccccc5)nc4)cnn3c(N(COCC[Si](C)(C)C)COCC[Si](C)(C)C)c1Br)C2. The summed E-state index contributed by atoms with van der Waals surface area (Å²) in [6.45, 7) is 22.2. The standard InChI is InChI=1S/C42H61BrN6O4Si2/c1-42(2,3)53-41(50)48-33-16-13-17-34(48)25-32(24-33)38-37(43)40(47(28-51-20-22-54(4,5)6)29-52-21-23-55(7,8)9)49-39(46-38)35(27-45-49)31-18-19-36(44-26-31)30-14-11-10-12-15-30/h10-12,14-15,18-19,26-27,32-34H,13,16-17,20-25,28-29H2,1-9H3. The first kappa shape index (κ1) is 41.5. The van der Waals surface area contributed by atoms with Gasteiger partial charge in [-0.1, -0.05) is 75.7 Å². The number of hydrogen-bond donors (Lipinski definition) is 0. The summed E-state index contributed by atoms with van der Waals surface area (Å²) in [6, 6.07) is 16.7. The Bertz CT molecular complexity index is 1870. The molecule has 2 bridgehead atoms. The first-order valence-corrected chi connectivity index (χ1v) is 28.2. The second-order valence-electron chi connectivity index (χ2n) is 18.8. The van der Waals surface area contributed by atoms with Crippen LogP contribution in [0.3, 0.4) is 0 Å². The van der Waals surface area contributed by atoms with Gasteiger partial charge in [0.25, 0.3) is 0 Å². The lowest BCUT2D eigenvalue weighted by atomic mass is 9.77. The molecule has 4 aromatic rings. The van der Waals surface area contributed by atoms with E-state index in [1.54, 1.807) is 0 Å². The lowest BCUT2D eigenvalue weighted by molar-refractivity contribution is -0.0219. The van der Waals surface area contributed by atoms with Crippen LogP contribution in [0.1, 0.15) is 64.5 Å². The Morgan fingerprint density at radius 3 is 2.04 bits per heavy atom. The Morgan fingerprint density at radius 2 is 1.49 bits per heavy atom. The number of halogens is 1. The number of rotatable bonds is 14. The number of aromatic nitrogens is 4. The van der Waals surface area contributed by atoms with Crippen molar-refractivity contribution in [1.29, 1.82) is 0 Å². The first-order chi connectivity index (χ1) is 26.0. The number of fused-ring (bicyclic) bond motifs is 3. The Morgan fingerprint density at radius 1 is 0.873 bits per heavy atom. The Hall–Kier alpha value is -3.11. The minimum absolute atomic E-state index is 0.0886. The topological polar surface area (TPSA) is 94.3 Å². The van der Waals surface area contributed by atoms with Gasteiger partial charge >= 0.3 is 6.09 Å². The van der Waals surface area contributed by atoms with Crippen molar-refractivity contribution in [1.82, 2.24) is 24.5 Å². The third-order valence-corrected chi connectivity index (χ3v) is 14.7. The molecule has 55 heavy (non-hydrogen) atoms. The van der Waals surface area contributed by atoms with Gasteiger partial charge in [-0.05, 0) is 87.0 Å². The Balaban J connectivity index is 1.41. The highest BCUT2D eigenvalue weighted by atomic mass is 79.9. The van der Waals surface area contributed by atoms with Crippen LogP contribution in [0.5, 0.6) is 0 Å². The molecule has 2 unspecified atom stereocenters. The van der Waals surface area contributed by atoms with Crippen molar-refractivity contribution in [3.05, 3.63) is 65.0 Å². The van der Waals surface area contributed by atoms with Crippen LogP contribution in [0.25, 0.3) is 28.0 Å². The van der Waals surface area contributed by atoms with Gasteiger partial charge in [-0.3, -0.25) is 4.98 Å². The van der Waals surface area contributed by atoms with E-state index in [0.717, 1.165) is 88.2 Å². The average Bonchev–Trinajstić information content (AvgIpc) is 3.52. The number of carbonyl (C=O) groups is 1. The zero-order chi connectivity index (χ0) is 39.5. The van der Waals surface area contributed by atoms with E-state index in [2.05, 4.69) is 84.4 Å². The molecule has 3 aromatic heterocycles. The molecule has 298 valence electrons. The summed E-state index contributed by atoms with van der Waals surface area (Å²) in [5, 5.41) is 4.99. The molecule has 2 saturated heterocycles. The number of nitrogens with zero attached hydrogens (tertiary/aromatic N) is 6. The summed E-state index contributed by atoms with van der Waals surface area (Å²) >= 11 is 4.10. The molecule has 0 saturated carbocycles. The molecule has 13 heteroatoms. The minimum atomic E-state index is -1.30. The van der Waals surface area contributed by atoms with E-state index < -0.39 is 21.7 Å². The van der Waals surface area contributed by atoms with Crippen molar-refractivity contribution in [2.24, 2.45) is 0 Å². The smallest absolute Gasteiger partial charge is 0.410 e. The third kappa shape index (κ3) is 10.6. The van der Waals surface area contributed by atoms with Gasteiger partial charge in [0.05, 0.1) is 22.1 Å². The molecule has 0 spiro atoms. The lowest BCUT2D eigenvalue weighted by Crippen LogP contribution is -2.55. The fourth-order valence-corrected chi connectivity index (χ4v) is 9.88. The van der Waals surface area contributed by atoms with Crippen molar-refractivity contribution < 1.29 is 19.0 Å². The summed E-state index contributed by atoms with van der Waals surface area (Å²) in [6.07, 6.45) is 8.26. The third-order valence-electron chi connectivity index (χ3n) is 10.5. The Labute approximate surface area is 338 Å². The lowest BCUT2D eigenvalue weighted by Gasteiger charge is -2.48. The molecule has 2 atom stereocenters. The number of benzene rings is 1. The van der Waals surface area contributed by atoms with E-state index in [0.29, 0.717) is 26.7 Å². The van der Waals surface area contributed by atoms with Crippen molar-refractivity contribution >= 4 is 49.6 Å². The molecule has 2 aliphatic heterocycles. The summed E-state index contributed by atoms with van der Waals surface area (Å²) in [5.74, 6) is 0.983. The zero-order valence-corrected chi connectivity index (χ0v) is 38.0. The minimum Gasteiger partial charge on any atom is -0.444 e. The van der Waals surface area contributed by atoms with Crippen LogP contribution >= 0.6 is 15.9 Å². The largest absolute Gasteiger partial charge is 0.444 e. The summed E-state index contributed by atoms with van der Waals surface area (Å²) in [5.41, 5.74) is 5.04. The van der Waals surface area contributed by atoms with Crippen LogP contribution in [0, 0.1) is 0 Å². The number of piperidine rings is 2. The van der Waals surface area contributed by atoms with Crippen LogP contribution < -0.4 is 4.90 Å². The fourth-order valence-electron chi connectivity index (χ4n) is 7.54. The second-order valence-corrected chi connectivity index (χ2v) is 30.8. The van der Waals surface area contributed by atoms with Crippen molar-refractivity contribution in [2.45, 2.75) is 128 Å². The van der Waals surface area contributed by atoms with Crippen LogP contribution in [0.4, 0.5) is 10.6 Å². The maximum absolute atomic E-state index is 13.5. The number of ether oxygens (including phenoxy) is 3. The van der Waals surface area contributed by atoms with E-state index in [9.17, 15) is 4.79 Å². The number of hydrogen-bond acceptors (Lipinski definition) is 8. The van der Waals surface area contributed by atoms with Crippen molar-refractivity contribution in [3.8, 4) is 22.4 Å². The van der Waals surface area contributed by atoms with Crippen LogP contribution in [0.2, 0.25) is 51.4 Å². The van der Waals surface area contributed by atoms with Gasteiger partial charge in [0, 0.05) is 70.3 Å². The molecule has 1 aromatic carbocycles. The molecule has 0 aliphatic carbocycles. The van der Waals surface area contributed by atoms with Gasteiger partial charge in [0.15, 0.2) is 11.5 Å². The van der Waals surface area contributed by atoms with E-state index >= 15 is 0 Å². The number of amides is 1. The van der Waals surface area contributed by atoms with E-state index in [-0.39, 0.29) is 24.1 Å². The van der Waals surface area contributed by atoms with E-state index in [1.165, 1.54) is 0 Å². The molecule has 0 N–H and O–H groups in total. The molecule has 2 fully saturated rings. The highest BCUT2D eigenvalue weighted by Gasteiger charge is 2.44. The van der Waals surface area contributed by atoms with Gasteiger partial charge in [0.1, 0.15) is 19.1 Å². The molecule has 10 nitrogen and oxygen atoms in total. The molecule has 2 aliphatic rings. The molecule has 1 amide bonds. The van der Waals surface area contributed by atoms with Gasteiger partial charge < -0.3 is 24.0 Å². The maximum atomic E-state index is 13.5. The predicted molar refractivity (Wildman–Crippen MR) is 231 cm³/mol. The first-order valence-electron chi connectivity index (χ1n) is 20.0. The van der Waals surface area contributed by atoms with Crippen molar-refractivity contribution in [2.75, 3.05) is 31.6 Å². The molecular weight excluding hydrogens is 789 g/mol.